The van der Waals surface area contributed by atoms with Gasteiger partial charge in [0.15, 0.2) is 0 Å². The molecule has 0 saturated carbocycles. The molecule has 5 nitrogen and oxygen atoms in total. The Balaban J connectivity index is 1.66. The second-order valence-electron chi connectivity index (χ2n) is 4.22. The molecule has 5 heteroatoms. The van der Waals surface area contributed by atoms with Crippen LogP contribution < -0.4 is 16.0 Å². The third-order valence-electron chi connectivity index (χ3n) is 2.84. The number of hydrogen-bond acceptors (Lipinski definition) is 3. The van der Waals surface area contributed by atoms with Crippen molar-refractivity contribution in [3.05, 3.63) is 0 Å². The minimum atomic E-state index is -0.0169. The summed E-state index contributed by atoms with van der Waals surface area (Å²) in [5.74, 6) is 0. The second-order valence-corrected chi connectivity index (χ2v) is 4.22. The van der Waals surface area contributed by atoms with Gasteiger partial charge in [-0.05, 0) is 20.0 Å². The zero-order chi connectivity index (χ0) is 9.97. The number of carbonyl (C=O) groups excluding carboxylic acids is 1. The summed E-state index contributed by atoms with van der Waals surface area (Å²) in [7, 11) is 2.08. The van der Waals surface area contributed by atoms with Crippen LogP contribution in [0.5, 0.6) is 0 Å². The van der Waals surface area contributed by atoms with Crippen molar-refractivity contribution in [1.82, 2.24) is 20.9 Å². The molecule has 2 aliphatic rings. The molecule has 0 aromatic carbocycles. The van der Waals surface area contributed by atoms with Crippen LogP contribution in [0.25, 0.3) is 0 Å². The lowest BCUT2D eigenvalue weighted by Gasteiger charge is -2.28. The maximum atomic E-state index is 11.4. The van der Waals surface area contributed by atoms with E-state index in [4.69, 9.17) is 0 Å². The van der Waals surface area contributed by atoms with Gasteiger partial charge in [-0.25, -0.2) is 4.79 Å². The molecule has 2 aliphatic heterocycles. The van der Waals surface area contributed by atoms with E-state index in [0.29, 0.717) is 12.1 Å². The maximum Gasteiger partial charge on any atom is 0.315 e. The highest BCUT2D eigenvalue weighted by Gasteiger charge is 2.23. The summed E-state index contributed by atoms with van der Waals surface area (Å²) in [5.41, 5.74) is 0. The van der Waals surface area contributed by atoms with Gasteiger partial charge in [0.1, 0.15) is 0 Å². The second kappa shape index (κ2) is 4.14. The first kappa shape index (κ1) is 9.73. The van der Waals surface area contributed by atoms with E-state index in [-0.39, 0.29) is 6.03 Å². The van der Waals surface area contributed by atoms with Crippen LogP contribution >= 0.6 is 0 Å². The third kappa shape index (κ3) is 2.36. The molecule has 0 spiro atoms. The molecule has 1 unspecified atom stereocenters. The minimum Gasteiger partial charge on any atom is -0.334 e. The molecule has 0 aromatic heterocycles. The summed E-state index contributed by atoms with van der Waals surface area (Å²) in [4.78, 5) is 13.7. The lowest BCUT2D eigenvalue weighted by molar-refractivity contribution is 0.227. The van der Waals surface area contributed by atoms with E-state index in [1.165, 1.54) is 0 Å². The SMILES string of the molecule is CN1CCC(NC(=O)NC2CNC2)C1. The summed E-state index contributed by atoms with van der Waals surface area (Å²) < 4.78 is 0. The van der Waals surface area contributed by atoms with Gasteiger partial charge in [-0.3, -0.25) is 0 Å². The fourth-order valence-corrected chi connectivity index (χ4v) is 1.86. The number of hydrogen-bond donors (Lipinski definition) is 3. The molecule has 0 aliphatic carbocycles. The van der Waals surface area contributed by atoms with Crippen molar-refractivity contribution in [3.8, 4) is 0 Å². The fourth-order valence-electron chi connectivity index (χ4n) is 1.86. The maximum absolute atomic E-state index is 11.4. The largest absolute Gasteiger partial charge is 0.334 e. The van der Waals surface area contributed by atoms with Gasteiger partial charge < -0.3 is 20.9 Å². The van der Waals surface area contributed by atoms with Gasteiger partial charge in [-0.2, -0.15) is 0 Å². The Morgan fingerprint density at radius 1 is 1.36 bits per heavy atom. The smallest absolute Gasteiger partial charge is 0.315 e. The Kier molecular flexibility index (Phi) is 2.88. The molecule has 1 atom stereocenters. The van der Waals surface area contributed by atoms with E-state index in [9.17, 15) is 4.79 Å². The highest BCUT2D eigenvalue weighted by molar-refractivity contribution is 5.74. The molecule has 2 amide bonds. The molecule has 2 saturated heterocycles. The van der Waals surface area contributed by atoms with Gasteiger partial charge in [-0.15, -0.1) is 0 Å². The van der Waals surface area contributed by atoms with Gasteiger partial charge in [0.25, 0.3) is 0 Å². The summed E-state index contributed by atoms with van der Waals surface area (Å²) in [6, 6.07) is 0.638. The van der Waals surface area contributed by atoms with Crippen LogP contribution in [0.1, 0.15) is 6.42 Å². The Bertz CT molecular complexity index is 217. The van der Waals surface area contributed by atoms with Crippen molar-refractivity contribution in [2.75, 3.05) is 33.2 Å². The van der Waals surface area contributed by atoms with Crippen LogP contribution in [0, 0.1) is 0 Å². The van der Waals surface area contributed by atoms with E-state index in [1.54, 1.807) is 0 Å². The molecule has 0 radical (unpaired) electrons. The number of rotatable bonds is 2. The van der Waals surface area contributed by atoms with E-state index < -0.39 is 0 Å². The number of likely N-dealkylation sites (N-methyl/N-ethyl adjacent to an activating group) is 1. The number of nitrogens with one attached hydrogen (secondary N) is 3. The predicted octanol–water partition coefficient (Wildman–Crippen LogP) is -1.04. The van der Waals surface area contributed by atoms with E-state index in [2.05, 4.69) is 27.9 Å². The molecule has 2 heterocycles. The van der Waals surface area contributed by atoms with E-state index in [0.717, 1.165) is 32.6 Å². The molecule has 14 heavy (non-hydrogen) atoms. The number of nitrogens with zero attached hydrogens (tertiary/aromatic N) is 1. The Labute approximate surface area is 84.2 Å². The molecule has 0 bridgehead atoms. The van der Waals surface area contributed by atoms with Crippen molar-refractivity contribution in [2.45, 2.75) is 18.5 Å². The molecule has 2 rings (SSSR count). The van der Waals surface area contributed by atoms with Crippen LogP contribution in [-0.2, 0) is 0 Å². The van der Waals surface area contributed by atoms with Gasteiger partial charge in [0.05, 0.1) is 6.04 Å². The van der Waals surface area contributed by atoms with Gasteiger partial charge in [0.2, 0.25) is 0 Å². The molecule has 0 aromatic rings. The number of carbonyl (C=O) groups is 1. The van der Waals surface area contributed by atoms with Crippen LogP contribution in [-0.4, -0.2) is 56.2 Å². The van der Waals surface area contributed by atoms with Crippen molar-refractivity contribution in [3.63, 3.8) is 0 Å². The van der Waals surface area contributed by atoms with Crippen LogP contribution in [0.15, 0.2) is 0 Å². The Morgan fingerprint density at radius 2 is 2.07 bits per heavy atom. The quantitative estimate of drug-likeness (QED) is 0.531. The first-order chi connectivity index (χ1) is 6.74. The normalized spacial score (nSPS) is 28.5. The number of urea groups is 1. The van der Waals surface area contributed by atoms with Crippen molar-refractivity contribution in [1.29, 1.82) is 0 Å². The van der Waals surface area contributed by atoms with Crippen LogP contribution in [0.2, 0.25) is 0 Å². The van der Waals surface area contributed by atoms with Crippen molar-refractivity contribution >= 4 is 6.03 Å². The fraction of sp³-hybridized carbons (Fsp3) is 0.889. The predicted molar refractivity (Wildman–Crippen MR) is 54.2 cm³/mol. The van der Waals surface area contributed by atoms with Gasteiger partial charge in [-0.1, -0.05) is 0 Å². The molecular weight excluding hydrogens is 180 g/mol. The highest BCUT2D eigenvalue weighted by atomic mass is 16.2. The Hall–Kier alpha value is -0.810. The summed E-state index contributed by atoms with van der Waals surface area (Å²) in [5, 5.41) is 9.03. The summed E-state index contributed by atoms with van der Waals surface area (Å²) in [6.45, 7) is 3.85. The molecular formula is C9H18N4O. The summed E-state index contributed by atoms with van der Waals surface area (Å²) >= 11 is 0. The zero-order valence-corrected chi connectivity index (χ0v) is 8.55. The first-order valence-corrected chi connectivity index (χ1v) is 5.20. The van der Waals surface area contributed by atoms with E-state index >= 15 is 0 Å². The topological polar surface area (TPSA) is 56.4 Å². The van der Waals surface area contributed by atoms with Crippen molar-refractivity contribution in [2.24, 2.45) is 0 Å². The average molecular weight is 198 g/mol. The molecule has 80 valence electrons. The van der Waals surface area contributed by atoms with Gasteiger partial charge >= 0.3 is 6.03 Å². The lowest BCUT2D eigenvalue weighted by atomic mass is 10.2. The molecule has 2 fully saturated rings. The molecule has 3 N–H and O–H groups in total. The van der Waals surface area contributed by atoms with Crippen LogP contribution in [0.4, 0.5) is 4.79 Å². The number of amides is 2. The first-order valence-electron chi connectivity index (χ1n) is 5.20. The number of likely N-dealkylation sites (tertiary alicyclic amines) is 1. The third-order valence-corrected chi connectivity index (χ3v) is 2.84. The van der Waals surface area contributed by atoms with Gasteiger partial charge in [0, 0.05) is 25.7 Å². The standard InChI is InChI=1S/C9H18N4O/c1-13-3-2-7(6-13)11-9(14)12-8-4-10-5-8/h7-8,10H,2-6H2,1H3,(H2,11,12,14). The Morgan fingerprint density at radius 3 is 2.57 bits per heavy atom. The monoisotopic (exact) mass is 198 g/mol. The van der Waals surface area contributed by atoms with Crippen molar-refractivity contribution < 1.29 is 4.79 Å². The van der Waals surface area contributed by atoms with E-state index in [1.807, 2.05) is 0 Å². The average Bonchev–Trinajstić information content (AvgIpc) is 2.44. The van der Waals surface area contributed by atoms with Crippen LogP contribution in [0.3, 0.4) is 0 Å². The minimum absolute atomic E-state index is 0.0169. The highest BCUT2D eigenvalue weighted by Crippen LogP contribution is 2.05. The zero-order valence-electron chi connectivity index (χ0n) is 8.55. The lowest BCUT2D eigenvalue weighted by Crippen LogP contribution is -2.59. The summed E-state index contributed by atoms with van der Waals surface area (Å²) in [6.07, 6.45) is 1.06.